The Hall–Kier alpha value is -2.63. The monoisotopic (exact) mass is 285 g/mol. The first-order chi connectivity index (χ1) is 9.99. The molecule has 0 saturated heterocycles. The van der Waals surface area contributed by atoms with Crippen molar-refractivity contribution in [2.45, 2.75) is 26.4 Å². The second-order valence-corrected chi connectivity index (χ2v) is 5.06. The van der Waals surface area contributed by atoms with Gasteiger partial charge in [0.1, 0.15) is 0 Å². The summed E-state index contributed by atoms with van der Waals surface area (Å²) in [6.07, 6.45) is 3.02. The lowest BCUT2D eigenvalue weighted by atomic mass is 10.1. The van der Waals surface area contributed by atoms with Gasteiger partial charge < -0.3 is 16.4 Å². The van der Waals surface area contributed by atoms with Crippen molar-refractivity contribution in [2.24, 2.45) is 5.73 Å². The lowest BCUT2D eigenvalue weighted by molar-refractivity contribution is 0.0995. The van der Waals surface area contributed by atoms with E-state index in [1.54, 1.807) is 6.20 Å². The van der Waals surface area contributed by atoms with E-state index in [1.807, 2.05) is 43.0 Å². The summed E-state index contributed by atoms with van der Waals surface area (Å²) in [4.78, 5) is 21.8. The maximum absolute atomic E-state index is 11.5. The Morgan fingerprint density at radius 3 is 2.38 bits per heavy atom. The van der Waals surface area contributed by atoms with Gasteiger partial charge in [-0.2, -0.15) is 0 Å². The molecule has 1 aromatic heterocycles. The summed E-state index contributed by atoms with van der Waals surface area (Å²) >= 11 is 0. The van der Waals surface area contributed by atoms with Crippen molar-refractivity contribution in [1.82, 2.24) is 9.97 Å². The van der Waals surface area contributed by atoms with Gasteiger partial charge in [-0.25, -0.2) is 9.97 Å². The fourth-order valence-electron chi connectivity index (χ4n) is 2.04. The summed E-state index contributed by atoms with van der Waals surface area (Å²) in [6.45, 7) is 4.64. The van der Waals surface area contributed by atoms with E-state index < -0.39 is 5.91 Å². The van der Waals surface area contributed by atoms with Gasteiger partial charge in [-0.3, -0.25) is 4.79 Å². The van der Waals surface area contributed by atoms with Crippen molar-refractivity contribution in [1.29, 1.82) is 0 Å². The second-order valence-electron chi connectivity index (χ2n) is 5.06. The first-order valence-electron chi connectivity index (χ1n) is 6.71. The summed E-state index contributed by atoms with van der Waals surface area (Å²) in [6, 6.07) is 7.73. The van der Waals surface area contributed by atoms with E-state index >= 15 is 0 Å². The topological polar surface area (TPSA) is 98.1 Å². The minimum absolute atomic E-state index is 0.136. The highest BCUT2D eigenvalue weighted by atomic mass is 16.1. The molecule has 1 aromatic carbocycles. The molecule has 0 aliphatic carbocycles. The SMILES string of the molecule is CC(C)N(Cc1ccc(N)cc1)c1nccnc1C(N)=O. The van der Waals surface area contributed by atoms with Crippen molar-refractivity contribution >= 4 is 17.4 Å². The molecule has 0 saturated carbocycles. The molecular formula is C15H19N5O. The number of benzene rings is 1. The Morgan fingerprint density at radius 2 is 1.81 bits per heavy atom. The molecule has 21 heavy (non-hydrogen) atoms. The minimum atomic E-state index is -0.582. The van der Waals surface area contributed by atoms with Crippen LogP contribution in [0.4, 0.5) is 11.5 Å². The van der Waals surface area contributed by atoms with E-state index in [9.17, 15) is 4.79 Å². The Bertz CT molecular complexity index is 624. The number of rotatable bonds is 5. The van der Waals surface area contributed by atoms with Crippen LogP contribution < -0.4 is 16.4 Å². The number of nitrogens with zero attached hydrogens (tertiary/aromatic N) is 3. The molecular weight excluding hydrogens is 266 g/mol. The predicted octanol–water partition coefficient (Wildman–Crippen LogP) is 1.57. The van der Waals surface area contributed by atoms with Gasteiger partial charge >= 0.3 is 0 Å². The number of nitrogens with two attached hydrogens (primary N) is 2. The molecule has 4 N–H and O–H groups in total. The smallest absolute Gasteiger partial charge is 0.271 e. The fourth-order valence-corrected chi connectivity index (χ4v) is 2.04. The molecule has 1 amide bonds. The summed E-state index contributed by atoms with van der Waals surface area (Å²) in [5.74, 6) is -0.0853. The Morgan fingerprint density at radius 1 is 1.19 bits per heavy atom. The average molecular weight is 285 g/mol. The van der Waals surface area contributed by atoms with Crippen LogP contribution >= 0.6 is 0 Å². The molecule has 2 rings (SSSR count). The van der Waals surface area contributed by atoms with Gasteiger partial charge in [0.05, 0.1) is 0 Å². The molecule has 0 atom stereocenters. The zero-order chi connectivity index (χ0) is 15.4. The highest BCUT2D eigenvalue weighted by Gasteiger charge is 2.20. The van der Waals surface area contributed by atoms with E-state index in [-0.39, 0.29) is 11.7 Å². The molecule has 0 aliphatic heterocycles. The maximum atomic E-state index is 11.5. The number of nitrogen functional groups attached to an aromatic ring is 1. The number of amides is 1. The maximum Gasteiger partial charge on any atom is 0.271 e. The van der Waals surface area contributed by atoms with Crippen molar-refractivity contribution < 1.29 is 4.79 Å². The molecule has 1 heterocycles. The van der Waals surface area contributed by atoms with Crippen LogP contribution in [0.5, 0.6) is 0 Å². The first-order valence-corrected chi connectivity index (χ1v) is 6.71. The van der Waals surface area contributed by atoms with Gasteiger partial charge in [-0.05, 0) is 31.5 Å². The van der Waals surface area contributed by atoms with Crippen LogP contribution in [-0.2, 0) is 6.54 Å². The van der Waals surface area contributed by atoms with Gasteiger partial charge in [-0.15, -0.1) is 0 Å². The number of anilines is 2. The standard InChI is InChI=1S/C15H19N5O/c1-10(2)20(9-11-3-5-12(16)6-4-11)15-13(14(17)21)18-7-8-19-15/h3-8,10H,9,16H2,1-2H3,(H2,17,21). The van der Waals surface area contributed by atoms with Crippen LogP contribution in [0.1, 0.15) is 29.9 Å². The third-order valence-corrected chi connectivity index (χ3v) is 3.14. The molecule has 0 aliphatic rings. The number of carbonyl (C=O) groups excluding carboxylic acids is 1. The number of carbonyl (C=O) groups is 1. The van der Waals surface area contributed by atoms with E-state index in [0.29, 0.717) is 18.1 Å². The Balaban J connectivity index is 2.36. The van der Waals surface area contributed by atoms with E-state index in [1.165, 1.54) is 6.20 Å². The summed E-state index contributed by atoms with van der Waals surface area (Å²) in [7, 11) is 0. The lowest BCUT2D eigenvalue weighted by Crippen LogP contribution is -2.33. The molecule has 6 heteroatoms. The number of primary amides is 1. The first kappa shape index (κ1) is 14.8. The van der Waals surface area contributed by atoms with Crippen LogP contribution in [0, 0.1) is 0 Å². The number of aromatic nitrogens is 2. The van der Waals surface area contributed by atoms with Crippen LogP contribution in [-0.4, -0.2) is 21.9 Å². The van der Waals surface area contributed by atoms with Crippen molar-refractivity contribution in [3.8, 4) is 0 Å². The third kappa shape index (κ3) is 3.47. The lowest BCUT2D eigenvalue weighted by Gasteiger charge is -2.28. The zero-order valence-corrected chi connectivity index (χ0v) is 12.2. The van der Waals surface area contributed by atoms with Crippen molar-refractivity contribution in [3.63, 3.8) is 0 Å². The van der Waals surface area contributed by atoms with E-state index in [2.05, 4.69) is 9.97 Å². The Kier molecular flexibility index (Phi) is 4.37. The highest BCUT2D eigenvalue weighted by molar-refractivity contribution is 5.95. The average Bonchev–Trinajstić information content (AvgIpc) is 2.46. The van der Waals surface area contributed by atoms with Crippen LogP contribution in [0.15, 0.2) is 36.7 Å². The van der Waals surface area contributed by atoms with Gasteiger partial charge in [-0.1, -0.05) is 12.1 Å². The number of hydrogen-bond acceptors (Lipinski definition) is 5. The van der Waals surface area contributed by atoms with Crippen molar-refractivity contribution in [3.05, 3.63) is 47.9 Å². The fraction of sp³-hybridized carbons (Fsp3) is 0.267. The van der Waals surface area contributed by atoms with Gasteiger partial charge in [0.25, 0.3) is 5.91 Å². The van der Waals surface area contributed by atoms with Gasteiger partial charge in [0.2, 0.25) is 0 Å². The van der Waals surface area contributed by atoms with Crippen LogP contribution in [0.3, 0.4) is 0 Å². The van der Waals surface area contributed by atoms with Gasteiger partial charge in [0, 0.05) is 30.7 Å². The molecule has 0 radical (unpaired) electrons. The van der Waals surface area contributed by atoms with E-state index in [4.69, 9.17) is 11.5 Å². The quantitative estimate of drug-likeness (QED) is 0.813. The number of hydrogen-bond donors (Lipinski definition) is 2. The molecule has 110 valence electrons. The normalized spacial score (nSPS) is 10.6. The molecule has 2 aromatic rings. The van der Waals surface area contributed by atoms with E-state index in [0.717, 1.165) is 5.56 Å². The summed E-state index contributed by atoms with van der Waals surface area (Å²) in [5, 5.41) is 0. The minimum Gasteiger partial charge on any atom is -0.399 e. The molecule has 6 nitrogen and oxygen atoms in total. The van der Waals surface area contributed by atoms with Crippen LogP contribution in [0.25, 0.3) is 0 Å². The van der Waals surface area contributed by atoms with Gasteiger partial charge in [0.15, 0.2) is 11.5 Å². The molecule has 0 unspecified atom stereocenters. The molecule has 0 spiro atoms. The highest BCUT2D eigenvalue weighted by Crippen LogP contribution is 2.20. The zero-order valence-electron chi connectivity index (χ0n) is 12.2. The van der Waals surface area contributed by atoms with Crippen molar-refractivity contribution in [2.75, 3.05) is 10.6 Å². The van der Waals surface area contributed by atoms with Crippen LogP contribution in [0.2, 0.25) is 0 Å². The predicted molar refractivity (Wildman–Crippen MR) is 82.7 cm³/mol. The second kappa shape index (κ2) is 6.21. The largest absolute Gasteiger partial charge is 0.399 e. The summed E-state index contributed by atoms with van der Waals surface area (Å²) in [5.41, 5.74) is 13.0. The summed E-state index contributed by atoms with van der Waals surface area (Å²) < 4.78 is 0. The molecule has 0 fully saturated rings. The molecule has 0 bridgehead atoms. The third-order valence-electron chi connectivity index (χ3n) is 3.14. The Labute approximate surface area is 123 Å².